The zero-order chi connectivity index (χ0) is 19.6. The number of nitrogens with one attached hydrogen (secondary N) is 1. The summed E-state index contributed by atoms with van der Waals surface area (Å²) in [5.41, 5.74) is 1.41. The topological polar surface area (TPSA) is 79.2 Å². The number of nitrogens with zero attached hydrogens (tertiary/aromatic N) is 1. The van der Waals surface area contributed by atoms with E-state index in [1.165, 1.54) is 23.5 Å². The molecule has 3 rings (SSSR count). The third-order valence-corrected chi connectivity index (χ3v) is 6.45. The highest BCUT2D eigenvalue weighted by Crippen LogP contribution is 2.37. The molecule has 1 heterocycles. The Bertz CT molecular complexity index is 966. The molecule has 0 radical (unpaired) electrons. The van der Waals surface area contributed by atoms with Gasteiger partial charge in [0.15, 0.2) is 6.61 Å². The lowest BCUT2D eigenvalue weighted by atomic mass is 9.96. The number of anilines is 1. The first kappa shape index (κ1) is 20.0. The van der Waals surface area contributed by atoms with Crippen LogP contribution in [0.1, 0.15) is 39.2 Å². The summed E-state index contributed by atoms with van der Waals surface area (Å²) in [6.45, 7) is -0.536. The number of fused-ring (bicyclic) bond motifs is 1. The molecule has 0 aliphatic heterocycles. The molecule has 1 aromatic heterocycles. The number of benzene rings is 1. The predicted molar refractivity (Wildman–Crippen MR) is 106 cm³/mol. The zero-order valence-corrected chi connectivity index (χ0v) is 17.0. The number of thiophene rings is 1. The van der Waals surface area contributed by atoms with Crippen LogP contribution in [-0.2, 0) is 22.4 Å². The number of halogens is 3. The predicted octanol–water partition coefficient (Wildman–Crippen LogP) is 5.25. The van der Waals surface area contributed by atoms with Gasteiger partial charge in [-0.1, -0.05) is 34.8 Å². The average Bonchev–Trinajstić information content (AvgIpc) is 3.00. The molecule has 9 heteroatoms. The van der Waals surface area contributed by atoms with Gasteiger partial charge in [-0.3, -0.25) is 4.79 Å². The fourth-order valence-corrected chi connectivity index (χ4v) is 4.79. The molecule has 27 heavy (non-hydrogen) atoms. The third kappa shape index (κ3) is 4.22. The maximum absolute atomic E-state index is 12.2. The number of carbonyl (C=O) groups excluding carboxylic acids is 2. The van der Waals surface area contributed by atoms with Crippen LogP contribution in [0.25, 0.3) is 0 Å². The lowest BCUT2D eigenvalue weighted by molar-refractivity contribution is -0.119. The van der Waals surface area contributed by atoms with Crippen LogP contribution in [0.2, 0.25) is 15.1 Å². The van der Waals surface area contributed by atoms with Gasteiger partial charge >= 0.3 is 5.97 Å². The van der Waals surface area contributed by atoms with E-state index in [1.54, 1.807) is 0 Å². The molecule has 1 amide bonds. The number of ether oxygens (including phenoxy) is 1. The van der Waals surface area contributed by atoms with Crippen molar-refractivity contribution in [3.63, 3.8) is 0 Å². The van der Waals surface area contributed by atoms with Gasteiger partial charge in [-0.25, -0.2) is 4.79 Å². The fourth-order valence-electron chi connectivity index (χ4n) is 2.85. The minimum atomic E-state index is -0.853. The number of hydrogen-bond acceptors (Lipinski definition) is 5. The first-order valence-corrected chi connectivity index (χ1v) is 10.0. The fraction of sp³-hybridized carbons (Fsp3) is 0.278. The second-order valence-corrected chi connectivity index (χ2v) is 8.17. The Morgan fingerprint density at radius 3 is 2.63 bits per heavy atom. The Labute approximate surface area is 174 Å². The summed E-state index contributed by atoms with van der Waals surface area (Å²) >= 11 is 19.2. The van der Waals surface area contributed by atoms with Crippen molar-refractivity contribution in [3.05, 3.63) is 48.8 Å². The van der Waals surface area contributed by atoms with Gasteiger partial charge in [0.2, 0.25) is 0 Å². The molecule has 140 valence electrons. The minimum absolute atomic E-state index is 0.0349. The second-order valence-electron chi connectivity index (χ2n) is 5.87. The van der Waals surface area contributed by atoms with E-state index in [9.17, 15) is 14.9 Å². The summed E-state index contributed by atoms with van der Waals surface area (Å²) in [6.07, 6.45) is 3.85. The van der Waals surface area contributed by atoms with E-state index in [0.29, 0.717) is 10.6 Å². The molecule has 0 unspecified atom stereocenters. The van der Waals surface area contributed by atoms with Gasteiger partial charge < -0.3 is 10.1 Å². The number of nitriles is 1. The molecule has 0 atom stereocenters. The van der Waals surface area contributed by atoms with Gasteiger partial charge in [0.1, 0.15) is 11.1 Å². The Morgan fingerprint density at radius 1 is 1.19 bits per heavy atom. The van der Waals surface area contributed by atoms with E-state index in [1.807, 2.05) is 0 Å². The van der Waals surface area contributed by atoms with E-state index in [0.717, 1.165) is 36.1 Å². The Morgan fingerprint density at radius 2 is 1.89 bits per heavy atom. The maximum Gasteiger partial charge on any atom is 0.341 e. The lowest BCUT2D eigenvalue weighted by Crippen LogP contribution is -2.21. The number of rotatable bonds is 4. The molecule has 1 N–H and O–H groups in total. The largest absolute Gasteiger partial charge is 0.452 e. The van der Waals surface area contributed by atoms with E-state index < -0.39 is 18.5 Å². The van der Waals surface area contributed by atoms with Crippen molar-refractivity contribution in [1.29, 1.82) is 5.26 Å². The highest BCUT2D eigenvalue weighted by molar-refractivity contribution is 7.16. The van der Waals surface area contributed by atoms with Gasteiger partial charge in [-0.05, 0) is 43.4 Å². The maximum atomic E-state index is 12.2. The van der Waals surface area contributed by atoms with Crippen LogP contribution >= 0.6 is 46.1 Å². The molecule has 1 aromatic carbocycles. The molecule has 0 spiro atoms. The Kier molecular flexibility index (Phi) is 6.28. The SMILES string of the molecule is N#Cc1c(NC(=O)COC(=O)c2c(Cl)ccc(Cl)c2Cl)sc2c1CCCC2. The molecule has 1 aliphatic carbocycles. The molecule has 0 saturated carbocycles. The average molecular weight is 444 g/mol. The molecular formula is C18H13Cl3N2O3S. The van der Waals surface area contributed by atoms with Crippen LogP contribution in [0.4, 0.5) is 5.00 Å². The van der Waals surface area contributed by atoms with Crippen molar-refractivity contribution in [2.45, 2.75) is 25.7 Å². The summed E-state index contributed by atoms with van der Waals surface area (Å²) in [6, 6.07) is 5.03. The Hall–Kier alpha value is -1.78. The first-order valence-electron chi connectivity index (χ1n) is 8.07. The quantitative estimate of drug-likeness (QED) is 0.517. The monoisotopic (exact) mass is 442 g/mol. The molecule has 0 saturated heterocycles. The van der Waals surface area contributed by atoms with Gasteiger partial charge in [-0.15, -0.1) is 11.3 Å². The van der Waals surface area contributed by atoms with E-state index in [2.05, 4.69) is 11.4 Å². The number of aryl methyl sites for hydroxylation is 1. The zero-order valence-electron chi connectivity index (χ0n) is 13.9. The summed E-state index contributed by atoms with van der Waals surface area (Å²) in [7, 11) is 0. The van der Waals surface area contributed by atoms with Crippen molar-refractivity contribution in [3.8, 4) is 6.07 Å². The smallest absolute Gasteiger partial charge is 0.341 e. The number of carbonyl (C=O) groups is 2. The molecular weight excluding hydrogens is 431 g/mol. The normalized spacial score (nSPS) is 12.8. The third-order valence-electron chi connectivity index (χ3n) is 4.12. The molecule has 2 aromatic rings. The highest BCUT2D eigenvalue weighted by Gasteiger charge is 2.23. The van der Waals surface area contributed by atoms with Crippen LogP contribution in [0.3, 0.4) is 0 Å². The van der Waals surface area contributed by atoms with E-state index in [4.69, 9.17) is 39.5 Å². The summed E-state index contributed by atoms with van der Waals surface area (Å²) < 4.78 is 5.00. The molecule has 0 bridgehead atoms. The molecule has 1 aliphatic rings. The lowest BCUT2D eigenvalue weighted by Gasteiger charge is -2.09. The molecule has 0 fully saturated rings. The number of hydrogen-bond donors (Lipinski definition) is 1. The first-order chi connectivity index (χ1) is 12.9. The van der Waals surface area contributed by atoms with E-state index >= 15 is 0 Å². The molecule has 5 nitrogen and oxygen atoms in total. The van der Waals surface area contributed by atoms with Gasteiger partial charge in [0.25, 0.3) is 5.91 Å². The van der Waals surface area contributed by atoms with Crippen molar-refractivity contribution in [2.24, 2.45) is 0 Å². The Balaban J connectivity index is 1.68. The highest BCUT2D eigenvalue weighted by atomic mass is 35.5. The standard InChI is InChI=1S/C18H13Cl3N2O3S/c19-11-5-6-12(20)16(21)15(11)18(25)26-8-14(24)23-17-10(7-22)9-3-1-2-4-13(9)27-17/h5-6H,1-4,8H2,(H,23,24). The van der Waals surface area contributed by atoms with Crippen molar-refractivity contribution < 1.29 is 14.3 Å². The van der Waals surface area contributed by atoms with Crippen LogP contribution in [-0.4, -0.2) is 18.5 Å². The van der Waals surface area contributed by atoms with Crippen LogP contribution in [0, 0.1) is 11.3 Å². The van der Waals surface area contributed by atoms with Crippen LogP contribution < -0.4 is 5.32 Å². The summed E-state index contributed by atoms with van der Waals surface area (Å²) in [5.74, 6) is -1.40. The minimum Gasteiger partial charge on any atom is -0.452 e. The van der Waals surface area contributed by atoms with Gasteiger partial charge in [0, 0.05) is 4.88 Å². The van der Waals surface area contributed by atoms with Crippen molar-refractivity contribution in [1.82, 2.24) is 0 Å². The van der Waals surface area contributed by atoms with Gasteiger partial charge in [-0.2, -0.15) is 5.26 Å². The van der Waals surface area contributed by atoms with Crippen LogP contribution in [0.15, 0.2) is 12.1 Å². The van der Waals surface area contributed by atoms with Crippen LogP contribution in [0.5, 0.6) is 0 Å². The van der Waals surface area contributed by atoms with Gasteiger partial charge in [0.05, 0.1) is 26.2 Å². The van der Waals surface area contributed by atoms with Crippen molar-refractivity contribution in [2.75, 3.05) is 11.9 Å². The van der Waals surface area contributed by atoms with E-state index in [-0.39, 0.29) is 20.6 Å². The number of amides is 1. The summed E-state index contributed by atoms with van der Waals surface area (Å²) in [4.78, 5) is 25.5. The second kappa shape index (κ2) is 8.49. The number of esters is 1. The summed E-state index contributed by atoms with van der Waals surface area (Å²) in [5, 5.41) is 12.7. The van der Waals surface area contributed by atoms with Crippen molar-refractivity contribution >= 4 is 63.0 Å².